The topological polar surface area (TPSA) is 77.4 Å². The minimum Gasteiger partial charge on any atom is -0.394 e. The van der Waals surface area contributed by atoms with Crippen molar-refractivity contribution < 1.29 is 29.2 Å². The second-order valence-electron chi connectivity index (χ2n) is 3.63. The molecule has 0 atom stereocenters. The number of rotatable bonds is 13. The van der Waals surface area contributed by atoms with E-state index in [0.29, 0.717) is 33.0 Å². The first kappa shape index (κ1) is 21.1. The van der Waals surface area contributed by atoms with Crippen LogP contribution in [0.4, 0.5) is 0 Å². The average molecular weight is 282 g/mol. The fraction of sp³-hybridized carbons (Fsp3) is 1.00. The van der Waals surface area contributed by atoms with Crippen molar-refractivity contribution in [1.29, 1.82) is 0 Å². The van der Waals surface area contributed by atoms with Gasteiger partial charge in [0.05, 0.1) is 52.9 Å². The molecule has 0 radical (unpaired) electrons. The van der Waals surface area contributed by atoms with E-state index in [1.165, 1.54) is 6.42 Å². The summed E-state index contributed by atoms with van der Waals surface area (Å²) in [4.78, 5) is 0. The number of unbranched alkanes of at least 4 members (excludes halogenated alkanes) is 1. The Labute approximate surface area is 116 Å². The lowest BCUT2D eigenvalue weighted by molar-refractivity contribution is 0.0222. The number of aliphatic hydroxyl groups is 2. The number of ether oxygens (including phenoxy) is 4. The molecule has 19 heavy (non-hydrogen) atoms. The highest BCUT2D eigenvalue weighted by atomic mass is 16.5. The number of hydrogen-bond donors (Lipinski definition) is 2. The molecule has 0 spiro atoms. The summed E-state index contributed by atoms with van der Waals surface area (Å²) in [7, 11) is 1.68. The zero-order chi connectivity index (χ0) is 14.6. The van der Waals surface area contributed by atoms with E-state index in [4.69, 9.17) is 29.2 Å². The van der Waals surface area contributed by atoms with Gasteiger partial charge in [0, 0.05) is 13.7 Å². The zero-order valence-electron chi connectivity index (χ0n) is 12.3. The number of aliphatic hydroxyl groups excluding tert-OH is 2. The molecule has 0 aromatic carbocycles. The molecule has 0 saturated carbocycles. The van der Waals surface area contributed by atoms with Crippen molar-refractivity contribution >= 4 is 0 Å². The molecule has 0 aromatic heterocycles. The molecule has 0 rings (SSSR count). The summed E-state index contributed by atoms with van der Waals surface area (Å²) in [5.74, 6) is 0. The summed E-state index contributed by atoms with van der Waals surface area (Å²) in [6.45, 7) is 6.20. The highest BCUT2D eigenvalue weighted by Crippen LogP contribution is 1.86. The lowest BCUT2D eigenvalue weighted by atomic mass is 10.4. The summed E-state index contributed by atoms with van der Waals surface area (Å²) in [5.41, 5.74) is 0. The van der Waals surface area contributed by atoms with Crippen LogP contribution in [-0.4, -0.2) is 76.8 Å². The molecule has 0 heterocycles. The molecule has 6 heteroatoms. The van der Waals surface area contributed by atoms with E-state index in [0.717, 1.165) is 19.6 Å². The summed E-state index contributed by atoms with van der Waals surface area (Å²) in [5, 5.41) is 16.5. The highest BCUT2D eigenvalue weighted by molar-refractivity contribution is 4.32. The van der Waals surface area contributed by atoms with Crippen LogP contribution < -0.4 is 0 Å². The van der Waals surface area contributed by atoms with Gasteiger partial charge in [-0.25, -0.2) is 0 Å². The monoisotopic (exact) mass is 282 g/mol. The largest absolute Gasteiger partial charge is 0.394 e. The van der Waals surface area contributed by atoms with Crippen molar-refractivity contribution in [3.63, 3.8) is 0 Å². The molecular formula is C13H30O6. The van der Waals surface area contributed by atoms with Gasteiger partial charge in [-0.3, -0.25) is 0 Å². The molecule has 0 amide bonds. The van der Waals surface area contributed by atoms with Crippen LogP contribution in [-0.2, 0) is 18.9 Å². The highest BCUT2D eigenvalue weighted by Gasteiger charge is 1.86. The van der Waals surface area contributed by atoms with Crippen LogP contribution in [0.2, 0.25) is 0 Å². The van der Waals surface area contributed by atoms with Crippen LogP contribution in [0, 0.1) is 0 Å². The number of methoxy groups -OCH3 is 1. The van der Waals surface area contributed by atoms with Crippen molar-refractivity contribution in [3.8, 4) is 0 Å². The van der Waals surface area contributed by atoms with Crippen LogP contribution in [0.1, 0.15) is 19.8 Å². The zero-order valence-corrected chi connectivity index (χ0v) is 12.3. The molecule has 0 aliphatic carbocycles. The smallest absolute Gasteiger partial charge is 0.0701 e. The SMILES string of the molecule is CCCCOCCOC.OCCOCCOCCO. The fourth-order valence-electron chi connectivity index (χ4n) is 0.942. The van der Waals surface area contributed by atoms with Crippen LogP contribution in [0.25, 0.3) is 0 Å². The Bertz CT molecular complexity index is 120. The van der Waals surface area contributed by atoms with E-state index in [9.17, 15) is 0 Å². The lowest BCUT2D eigenvalue weighted by Crippen LogP contribution is -2.09. The molecule has 0 saturated heterocycles. The first-order valence-corrected chi connectivity index (χ1v) is 6.77. The number of hydrogen-bond acceptors (Lipinski definition) is 6. The van der Waals surface area contributed by atoms with Gasteiger partial charge in [-0.15, -0.1) is 0 Å². The van der Waals surface area contributed by atoms with Crippen LogP contribution in [0.5, 0.6) is 0 Å². The molecule has 0 aliphatic rings. The van der Waals surface area contributed by atoms with Gasteiger partial charge in [0.2, 0.25) is 0 Å². The van der Waals surface area contributed by atoms with Crippen molar-refractivity contribution in [3.05, 3.63) is 0 Å². The van der Waals surface area contributed by atoms with Crippen molar-refractivity contribution in [1.82, 2.24) is 0 Å². The van der Waals surface area contributed by atoms with E-state index in [1.807, 2.05) is 0 Å². The third kappa shape index (κ3) is 27.1. The molecule has 118 valence electrons. The van der Waals surface area contributed by atoms with Gasteiger partial charge >= 0.3 is 0 Å². The van der Waals surface area contributed by atoms with Gasteiger partial charge in [0.15, 0.2) is 0 Å². The predicted octanol–water partition coefficient (Wildman–Crippen LogP) is 0.454. The first-order chi connectivity index (χ1) is 9.33. The summed E-state index contributed by atoms with van der Waals surface area (Å²) in [6.07, 6.45) is 2.36. The van der Waals surface area contributed by atoms with Crippen molar-refractivity contribution in [2.75, 3.05) is 66.6 Å². The maximum Gasteiger partial charge on any atom is 0.0701 e. The first-order valence-electron chi connectivity index (χ1n) is 6.77. The summed E-state index contributed by atoms with van der Waals surface area (Å²) >= 11 is 0. The van der Waals surface area contributed by atoms with Gasteiger partial charge in [-0.1, -0.05) is 13.3 Å². The van der Waals surface area contributed by atoms with Gasteiger partial charge in [0.25, 0.3) is 0 Å². The third-order valence-electron chi connectivity index (χ3n) is 1.92. The fourth-order valence-corrected chi connectivity index (χ4v) is 0.942. The van der Waals surface area contributed by atoms with E-state index in [2.05, 4.69) is 6.92 Å². The Balaban J connectivity index is 0. The Morgan fingerprint density at radius 2 is 1.16 bits per heavy atom. The molecule has 6 nitrogen and oxygen atoms in total. The maximum absolute atomic E-state index is 8.26. The van der Waals surface area contributed by atoms with E-state index in [1.54, 1.807) is 7.11 Å². The standard InChI is InChI=1S/C7H16O2.C6H14O4/c1-3-4-5-9-7-6-8-2;7-1-3-9-5-6-10-4-2-8/h3-7H2,1-2H3;7-8H,1-6H2. The minimum atomic E-state index is 0.0417. The van der Waals surface area contributed by atoms with Crippen molar-refractivity contribution in [2.24, 2.45) is 0 Å². The van der Waals surface area contributed by atoms with Gasteiger partial charge in [-0.2, -0.15) is 0 Å². The molecule has 0 aromatic rings. The van der Waals surface area contributed by atoms with Gasteiger partial charge in [0.1, 0.15) is 0 Å². The molecule has 0 fully saturated rings. The summed E-state index contributed by atoms with van der Waals surface area (Å²) < 4.78 is 19.7. The van der Waals surface area contributed by atoms with Crippen LogP contribution >= 0.6 is 0 Å². The Morgan fingerprint density at radius 3 is 1.58 bits per heavy atom. The van der Waals surface area contributed by atoms with E-state index >= 15 is 0 Å². The van der Waals surface area contributed by atoms with E-state index < -0.39 is 0 Å². The average Bonchev–Trinajstić information content (AvgIpc) is 2.43. The third-order valence-corrected chi connectivity index (χ3v) is 1.92. The van der Waals surface area contributed by atoms with Crippen LogP contribution in [0.15, 0.2) is 0 Å². The van der Waals surface area contributed by atoms with E-state index in [-0.39, 0.29) is 13.2 Å². The maximum atomic E-state index is 8.26. The Kier molecular flexibility index (Phi) is 25.4. The normalized spacial score (nSPS) is 10.1. The molecule has 0 aliphatic heterocycles. The minimum absolute atomic E-state index is 0.0417. The Hall–Kier alpha value is -0.240. The summed E-state index contributed by atoms with van der Waals surface area (Å²) in [6, 6.07) is 0. The second kappa shape index (κ2) is 22.9. The molecule has 2 N–H and O–H groups in total. The molecular weight excluding hydrogens is 252 g/mol. The second-order valence-corrected chi connectivity index (χ2v) is 3.63. The van der Waals surface area contributed by atoms with Gasteiger partial charge in [-0.05, 0) is 6.42 Å². The van der Waals surface area contributed by atoms with Crippen LogP contribution in [0.3, 0.4) is 0 Å². The Morgan fingerprint density at radius 1 is 0.684 bits per heavy atom. The predicted molar refractivity (Wildman–Crippen MR) is 73.4 cm³/mol. The lowest BCUT2D eigenvalue weighted by Gasteiger charge is -2.01. The van der Waals surface area contributed by atoms with Gasteiger partial charge < -0.3 is 29.2 Å². The molecule has 0 bridgehead atoms. The molecule has 0 unspecified atom stereocenters. The quantitative estimate of drug-likeness (QED) is 0.478. The van der Waals surface area contributed by atoms with Crippen molar-refractivity contribution in [2.45, 2.75) is 19.8 Å².